The summed E-state index contributed by atoms with van der Waals surface area (Å²) >= 11 is 0. The highest BCUT2D eigenvalue weighted by atomic mass is 19.1. The summed E-state index contributed by atoms with van der Waals surface area (Å²) in [5, 5.41) is 8.59. The highest BCUT2D eigenvalue weighted by Gasteiger charge is 2.13. The van der Waals surface area contributed by atoms with Crippen LogP contribution in [0.25, 0.3) is 16.6 Å². The zero-order valence-electron chi connectivity index (χ0n) is 18.3. The Morgan fingerprint density at radius 1 is 1.22 bits per heavy atom. The summed E-state index contributed by atoms with van der Waals surface area (Å²) in [4.78, 5) is 0. The lowest BCUT2D eigenvalue weighted by molar-refractivity contribution is 0.290. The SMILES string of the molecule is [2H]Oc1c([2H])c(OC)c([2H])c2c1c([2H])nn2-c1ccc(OCc2ccccc2)c(F)c1. The molecule has 1 heterocycles. The molecule has 0 saturated heterocycles. The Morgan fingerprint density at radius 3 is 2.81 bits per heavy atom. The fraction of sp³-hybridized carbons (Fsp3) is 0.0952. The maximum Gasteiger partial charge on any atom is 0.293 e. The average Bonchev–Trinajstić information content (AvgIpc) is 3.12. The molecule has 27 heavy (non-hydrogen) atoms. The first-order valence-electron chi connectivity index (χ1n) is 10.0. The monoisotopic (exact) mass is 368 g/mol. The van der Waals surface area contributed by atoms with E-state index in [1.54, 1.807) is 0 Å². The molecule has 1 N–H and O–H groups in total. The van der Waals surface area contributed by atoms with Gasteiger partial charge in [-0.3, -0.25) is 0 Å². The lowest BCUT2D eigenvalue weighted by Gasteiger charge is -2.10. The summed E-state index contributed by atoms with van der Waals surface area (Å²) in [7, 11) is 1.28. The predicted molar refractivity (Wildman–Crippen MR) is 100 cm³/mol. The third-order valence-corrected chi connectivity index (χ3v) is 4.00. The second-order valence-electron chi connectivity index (χ2n) is 5.75. The second-order valence-corrected chi connectivity index (χ2v) is 5.75. The maximum absolute atomic E-state index is 14.7. The van der Waals surface area contributed by atoms with E-state index in [9.17, 15) is 4.39 Å². The smallest absolute Gasteiger partial charge is 0.293 e. The molecule has 0 fully saturated rings. The number of halogens is 1. The van der Waals surface area contributed by atoms with E-state index in [1.807, 2.05) is 30.3 Å². The first-order valence-corrected chi connectivity index (χ1v) is 8.12. The van der Waals surface area contributed by atoms with Crippen molar-refractivity contribution in [2.45, 2.75) is 6.61 Å². The third-order valence-electron chi connectivity index (χ3n) is 4.00. The largest absolute Gasteiger partial charge is 0.507 e. The highest BCUT2D eigenvalue weighted by molar-refractivity contribution is 5.87. The van der Waals surface area contributed by atoms with E-state index in [-0.39, 0.29) is 58.7 Å². The number of hydrogen-bond acceptors (Lipinski definition) is 4. The van der Waals surface area contributed by atoms with Gasteiger partial charge in [0.25, 0.3) is 1.43 Å². The van der Waals surface area contributed by atoms with E-state index < -0.39 is 5.82 Å². The van der Waals surface area contributed by atoms with Crippen LogP contribution in [-0.2, 0) is 6.61 Å². The third kappa shape index (κ3) is 3.29. The van der Waals surface area contributed by atoms with Crippen molar-refractivity contribution in [1.82, 2.24) is 9.78 Å². The summed E-state index contributed by atoms with van der Waals surface area (Å²) in [5.41, 5.74) is 1.19. The second kappa shape index (κ2) is 6.99. The van der Waals surface area contributed by atoms with Crippen LogP contribution in [0.2, 0.25) is 0 Å². The van der Waals surface area contributed by atoms with Crippen molar-refractivity contribution in [2.75, 3.05) is 7.11 Å². The van der Waals surface area contributed by atoms with Crippen molar-refractivity contribution < 1.29 is 23.1 Å². The minimum absolute atomic E-state index is 0.00406. The number of fused-ring (bicyclic) bond motifs is 1. The van der Waals surface area contributed by atoms with E-state index in [0.29, 0.717) is 0 Å². The minimum Gasteiger partial charge on any atom is -0.507 e. The molecule has 3 aromatic carbocycles. The van der Waals surface area contributed by atoms with Gasteiger partial charge in [0.05, 0.1) is 34.0 Å². The van der Waals surface area contributed by atoms with Crippen LogP contribution < -0.4 is 9.47 Å². The molecule has 0 bridgehead atoms. The number of aromatic nitrogens is 2. The number of phenols is 1. The molecule has 0 spiro atoms. The molecule has 6 heteroatoms. The van der Waals surface area contributed by atoms with E-state index >= 15 is 0 Å². The topological polar surface area (TPSA) is 56.5 Å². The minimum atomic E-state index is -0.642. The number of benzene rings is 3. The average molecular weight is 368 g/mol. The number of ether oxygens (including phenoxy) is 2. The molecule has 4 rings (SSSR count). The van der Waals surface area contributed by atoms with Crippen LogP contribution in [-0.4, -0.2) is 23.4 Å². The van der Waals surface area contributed by atoms with Crippen LogP contribution in [0.3, 0.4) is 0 Å². The first kappa shape index (κ1) is 12.8. The van der Waals surface area contributed by atoms with E-state index in [0.717, 1.165) is 5.56 Å². The quantitative estimate of drug-likeness (QED) is 0.546. The van der Waals surface area contributed by atoms with Crippen LogP contribution >= 0.6 is 0 Å². The molecule has 0 radical (unpaired) electrons. The van der Waals surface area contributed by atoms with Crippen LogP contribution in [0.15, 0.2) is 66.8 Å². The number of phenolic OH excluding ortho intramolecular Hbond substituents is 1. The molecule has 5 nitrogen and oxygen atoms in total. The maximum atomic E-state index is 14.7. The van der Waals surface area contributed by atoms with Crippen LogP contribution in [0, 0.1) is 5.82 Å². The molecule has 0 unspecified atom stereocenters. The van der Waals surface area contributed by atoms with Gasteiger partial charge in [0.1, 0.15) is 18.1 Å². The zero-order valence-corrected chi connectivity index (χ0v) is 14.3. The van der Waals surface area contributed by atoms with Gasteiger partial charge in [-0.05, 0) is 17.7 Å². The molecule has 0 amide bonds. The Labute approximate surface area is 160 Å². The summed E-state index contributed by atoms with van der Waals surface area (Å²) in [6.07, 6.45) is -0.313. The van der Waals surface area contributed by atoms with Gasteiger partial charge in [-0.2, -0.15) is 5.10 Å². The number of methoxy groups -OCH3 is 1. The molecule has 0 aliphatic rings. The highest BCUT2D eigenvalue weighted by Crippen LogP contribution is 2.32. The number of nitrogens with zero attached hydrogens (tertiary/aromatic N) is 2. The Hall–Kier alpha value is -3.54. The van der Waals surface area contributed by atoms with Gasteiger partial charge in [-0.15, -0.1) is 0 Å². The number of aromatic hydroxyl groups is 1. The van der Waals surface area contributed by atoms with Gasteiger partial charge < -0.3 is 14.6 Å². The van der Waals surface area contributed by atoms with E-state index in [1.165, 1.54) is 30.0 Å². The van der Waals surface area contributed by atoms with Gasteiger partial charge >= 0.3 is 0 Å². The molecule has 0 aliphatic heterocycles. The summed E-state index contributed by atoms with van der Waals surface area (Å²) < 4.78 is 58.4. The molecule has 4 aromatic rings. The summed E-state index contributed by atoms with van der Waals surface area (Å²) in [5.74, 6) is -1.000. The molecule has 0 aliphatic carbocycles. The standard InChI is InChI=1S/C21H17FN2O3/c1-26-16-10-19-17(20(25)11-16)12-23-24(19)15-7-8-21(18(22)9-15)27-13-14-5-3-2-4-6-14/h2-12,25H,13H2,1H3/i10D,11D,12D/hD. The van der Waals surface area contributed by atoms with Crippen LogP contribution in [0.5, 0.6) is 17.2 Å². The lowest BCUT2D eigenvalue weighted by atomic mass is 10.2. The van der Waals surface area contributed by atoms with Crippen LogP contribution in [0.1, 0.15) is 9.68 Å². The van der Waals surface area contributed by atoms with E-state index in [4.69, 9.17) is 15.0 Å². The van der Waals surface area contributed by atoms with E-state index in [2.05, 4.69) is 10.2 Å². The lowest BCUT2D eigenvalue weighted by Crippen LogP contribution is -2.00. The van der Waals surface area contributed by atoms with Crippen LogP contribution in [0.4, 0.5) is 4.39 Å². The Morgan fingerprint density at radius 2 is 2.07 bits per heavy atom. The summed E-state index contributed by atoms with van der Waals surface area (Å²) in [6, 6.07) is 12.9. The Bertz CT molecular complexity index is 1270. The molecule has 136 valence electrons. The fourth-order valence-corrected chi connectivity index (χ4v) is 2.65. The van der Waals surface area contributed by atoms with Crippen molar-refractivity contribution in [3.8, 4) is 22.9 Å². The molecule has 0 saturated carbocycles. The summed E-state index contributed by atoms with van der Waals surface area (Å²) in [6.45, 7) is 0.198. The Balaban J connectivity index is 1.78. The Kier molecular flexibility index (Phi) is 3.30. The predicted octanol–water partition coefficient (Wildman–Crippen LogP) is 4.46. The zero-order chi connectivity index (χ0) is 22.1. The molecule has 1 aromatic heterocycles. The van der Waals surface area contributed by atoms with Gasteiger partial charge in [0.15, 0.2) is 11.6 Å². The van der Waals surface area contributed by atoms with Gasteiger partial charge in [0.2, 0.25) is 0 Å². The van der Waals surface area contributed by atoms with Crippen molar-refractivity contribution in [3.63, 3.8) is 0 Å². The first-order chi connectivity index (χ1) is 15.0. The van der Waals surface area contributed by atoms with Gasteiger partial charge in [0, 0.05) is 18.2 Å². The van der Waals surface area contributed by atoms with Gasteiger partial charge in [-0.1, -0.05) is 30.3 Å². The molecule has 0 atom stereocenters. The number of rotatable bonds is 6. The van der Waals surface area contributed by atoms with Gasteiger partial charge in [-0.25, -0.2) is 9.07 Å². The fourth-order valence-electron chi connectivity index (χ4n) is 2.65. The number of hydrogen-bond donors (Lipinski definition) is 1. The van der Waals surface area contributed by atoms with Crippen molar-refractivity contribution in [3.05, 3.63) is 78.2 Å². The van der Waals surface area contributed by atoms with Crippen molar-refractivity contribution >= 4 is 10.9 Å². The van der Waals surface area contributed by atoms with Crippen molar-refractivity contribution in [2.24, 2.45) is 0 Å². The normalized spacial score (nSPS) is 12.8. The van der Waals surface area contributed by atoms with Crippen molar-refractivity contribution in [1.29, 1.82) is 1.43 Å². The molecular weight excluding hydrogens is 347 g/mol. The molecular formula is C21H17FN2O3.